The molecule has 1 fully saturated rings. The highest BCUT2D eigenvalue weighted by molar-refractivity contribution is 6.30. The lowest BCUT2D eigenvalue weighted by Gasteiger charge is -2.29. The van der Waals surface area contributed by atoms with E-state index in [4.69, 9.17) is 16.3 Å². The van der Waals surface area contributed by atoms with Gasteiger partial charge in [-0.05, 0) is 62.1 Å². The van der Waals surface area contributed by atoms with Crippen LogP contribution in [0.1, 0.15) is 41.6 Å². The molecule has 0 bridgehead atoms. The molecule has 30 heavy (non-hydrogen) atoms. The van der Waals surface area contributed by atoms with Crippen molar-refractivity contribution in [1.29, 1.82) is 5.26 Å². The summed E-state index contributed by atoms with van der Waals surface area (Å²) in [5, 5.41) is 13.0. The molecule has 5 nitrogen and oxygen atoms in total. The molecular weight excluding hydrogens is 405 g/mol. The number of carbonyl (C=O) groups excluding carboxylic acids is 1. The number of pyridine rings is 1. The van der Waals surface area contributed by atoms with Crippen LogP contribution in [0.5, 0.6) is 5.75 Å². The summed E-state index contributed by atoms with van der Waals surface area (Å²) in [5.41, 5.74) is 1.41. The number of para-hydroxylation sites is 1. The number of nitrogens with zero attached hydrogens (tertiary/aromatic N) is 2. The lowest BCUT2D eigenvalue weighted by Crippen LogP contribution is -2.39. The summed E-state index contributed by atoms with van der Waals surface area (Å²) < 4.78 is 19.8. The van der Waals surface area contributed by atoms with E-state index in [1.165, 1.54) is 12.1 Å². The predicted octanol–water partition coefficient (Wildman–Crippen LogP) is 5.02. The third kappa shape index (κ3) is 4.22. The molecule has 1 heterocycles. The summed E-state index contributed by atoms with van der Waals surface area (Å²) in [6.45, 7) is 0. The van der Waals surface area contributed by atoms with Gasteiger partial charge in [-0.15, -0.1) is 0 Å². The van der Waals surface area contributed by atoms with Crippen LogP contribution in [0.4, 0.5) is 4.39 Å². The molecule has 4 rings (SSSR count). The molecular formula is C23H19ClFN3O2. The highest BCUT2D eigenvalue weighted by Crippen LogP contribution is 2.30. The highest BCUT2D eigenvalue weighted by Gasteiger charge is 2.25. The van der Waals surface area contributed by atoms with Crippen molar-refractivity contribution in [3.63, 3.8) is 0 Å². The molecule has 1 aliphatic carbocycles. The van der Waals surface area contributed by atoms with Crippen LogP contribution in [0.3, 0.4) is 0 Å². The van der Waals surface area contributed by atoms with Crippen LogP contribution >= 0.6 is 11.6 Å². The Morgan fingerprint density at radius 1 is 1.20 bits per heavy atom. The SMILES string of the molecule is N#Cc1cccc2c(O[C@H]3CC[C@H](NC(=O)c4ccc(Cl)c(F)c4)CC3)ccnc12. The second kappa shape index (κ2) is 8.68. The second-order valence-electron chi connectivity index (χ2n) is 7.32. The van der Waals surface area contributed by atoms with Gasteiger partial charge in [-0.3, -0.25) is 9.78 Å². The smallest absolute Gasteiger partial charge is 0.251 e. The Bertz CT molecular complexity index is 1140. The maximum Gasteiger partial charge on any atom is 0.251 e. The lowest BCUT2D eigenvalue weighted by atomic mass is 9.92. The van der Waals surface area contributed by atoms with Gasteiger partial charge in [-0.2, -0.15) is 5.26 Å². The normalized spacial score (nSPS) is 18.6. The number of aromatic nitrogens is 1. The number of hydrogen-bond donors (Lipinski definition) is 1. The van der Waals surface area contributed by atoms with E-state index >= 15 is 0 Å². The average Bonchev–Trinajstić information content (AvgIpc) is 2.76. The molecule has 0 atom stereocenters. The van der Waals surface area contributed by atoms with Gasteiger partial charge in [-0.1, -0.05) is 17.7 Å². The number of nitriles is 1. The third-order valence-corrected chi connectivity index (χ3v) is 5.64. The van der Waals surface area contributed by atoms with Gasteiger partial charge in [0.05, 0.1) is 22.2 Å². The van der Waals surface area contributed by atoms with Gasteiger partial charge < -0.3 is 10.1 Å². The van der Waals surface area contributed by atoms with Crippen molar-refractivity contribution in [3.05, 3.63) is 70.6 Å². The van der Waals surface area contributed by atoms with E-state index in [1.54, 1.807) is 12.3 Å². The molecule has 0 spiro atoms. The molecule has 7 heteroatoms. The number of halogens is 2. The minimum atomic E-state index is -0.606. The Morgan fingerprint density at radius 3 is 2.73 bits per heavy atom. The van der Waals surface area contributed by atoms with Gasteiger partial charge in [0, 0.05) is 23.2 Å². The van der Waals surface area contributed by atoms with Gasteiger partial charge in [0.1, 0.15) is 17.6 Å². The summed E-state index contributed by atoms with van der Waals surface area (Å²) in [6.07, 6.45) is 4.75. The van der Waals surface area contributed by atoms with Crippen molar-refractivity contribution in [2.24, 2.45) is 0 Å². The number of rotatable bonds is 4. The van der Waals surface area contributed by atoms with Crippen molar-refractivity contribution in [2.75, 3.05) is 0 Å². The maximum atomic E-state index is 13.6. The molecule has 152 valence electrons. The fraction of sp³-hybridized carbons (Fsp3) is 0.261. The molecule has 1 aromatic heterocycles. The lowest BCUT2D eigenvalue weighted by molar-refractivity contribution is 0.0894. The number of carbonyl (C=O) groups is 1. The summed E-state index contributed by atoms with van der Waals surface area (Å²) >= 11 is 5.67. The average molecular weight is 424 g/mol. The molecule has 0 unspecified atom stereocenters. The van der Waals surface area contributed by atoms with Crippen molar-refractivity contribution in [2.45, 2.75) is 37.8 Å². The van der Waals surface area contributed by atoms with E-state index in [0.29, 0.717) is 16.8 Å². The number of nitrogens with one attached hydrogen (secondary N) is 1. The second-order valence-corrected chi connectivity index (χ2v) is 7.72. The molecule has 0 saturated heterocycles. The first kappa shape index (κ1) is 20.1. The molecule has 1 amide bonds. The zero-order valence-electron chi connectivity index (χ0n) is 16.1. The fourth-order valence-corrected chi connectivity index (χ4v) is 3.87. The molecule has 1 N–H and O–H groups in total. The van der Waals surface area contributed by atoms with Crippen molar-refractivity contribution < 1.29 is 13.9 Å². The quantitative estimate of drug-likeness (QED) is 0.639. The summed E-state index contributed by atoms with van der Waals surface area (Å²) in [6, 6.07) is 13.5. The van der Waals surface area contributed by atoms with E-state index in [2.05, 4.69) is 16.4 Å². The van der Waals surface area contributed by atoms with Crippen molar-refractivity contribution in [1.82, 2.24) is 10.3 Å². The topological polar surface area (TPSA) is 75.0 Å². The minimum absolute atomic E-state index is 0.00488. The minimum Gasteiger partial charge on any atom is -0.490 e. The van der Waals surface area contributed by atoms with E-state index in [9.17, 15) is 14.4 Å². The number of hydrogen-bond acceptors (Lipinski definition) is 4. The van der Waals surface area contributed by atoms with Gasteiger partial charge in [0.15, 0.2) is 0 Å². The van der Waals surface area contributed by atoms with Crippen LogP contribution in [-0.2, 0) is 0 Å². The van der Waals surface area contributed by atoms with Crippen LogP contribution < -0.4 is 10.1 Å². The van der Waals surface area contributed by atoms with Crippen LogP contribution in [-0.4, -0.2) is 23.0 Å². The van der Waals surface area contributed by atoms with Crippen LogP contribution in [0.25, 0.3) is 10.9 Å². The third-order valence-electron chi connectivity index (χ3n) is 5.34. The van der Waals surface area contributed by atoms with Crippen molar-refractivity contribution in [3.8, 4) is 11.8 Å². The van der Waals surface area contributed by atoms with Crippen molar-refractivity contribution >= 4 is 28.4 Å². The zero-order chi connectivity index (χ0) is 21.1. The van der Waals surface area contributed by atoms with Crippen LogP contribution in [0.15, 0.2) is 48.7 Å². The van der Waals surface area contributed by atoms with E-state index in [1.807, 2.05) is 18.2 Å². The Hall–Kier alpha value is -3.17. The first-order valence-corrected chi connectivity index (χ1v) is 10.1. The Morgan fingerprint density at radius 2 is 2.00 bits per heavy atom. The number of fused-ring (bicyclic) bond motifs is 1. The van der Waals surface area contributed by atoms with Gasteiger partial charge >= 0.3 is 0 Å². The molecule has 3 aromatic rings. The largest absolute Gasteiger partial charge is 0.490 e. The van der Waals surface area contributed by atoms with E-state index in [-0.39, 0.29) is 28.6 Å². The predicted molar refractivity (Wildman–Crippen MR) is 112 cm³/mol. The van der Waals surface area contributed by atoms with Gasteiger partial charge in [0.25, 0.3) is 5.91 Å². The fourth-order valence-electron chi connectivity index (χ4n) is 3.75. The molecule has 1 aliphatic rings. The summed E-state index contributed by atoms with van der Waals surface area (Å²) in [7, 11) is 0. The first-order valence-electron chi connectivity index (χ1n) is 9.75. The Kier molecular flexibility index (Phi) is 5.82. The van der Waals surface area contributed by atoms with Crippen LogP contribution in [0, 0.1) is 17.1 Å². The first-order chi connectivity index (χ1) is 14.5. The van der Waals surface area contributed by atoms with Crippen LogP contribution in [0.2, 0.25) is 5.02 Å². The standard InChI is InChI=1S/C23H19ClFN3O2/c24-19-9-4-14(12-20(19)25)23(29)28-16-5-7-17(8-6-16)30-21-10-11-27-22-15(13-26)2-1-3-18(21)22/h1-4,9-12,16-17H,5-8H2,(H,28,29)/t16-,17-. The number of amides is 1. The summed E-state index contributed by atoms with van der Waals surface area (Å²) in [5.74, 6) is -0.203. The monoisotopic (exact) mass is 423 g/mol. The van der Waals surface area contributed by atoms with E-state index < -0.39 is 5.82 Å². The molecule has 0 radical (unpaired) electrons. The Balaban J connectivity index is 1.37. The molecule has 2 aromatic carbocycles. The molecule has 1 saturated carbocycles. The maximum absolute atomic E-state index is 13.6. The number of ether oxygens (including phenoxy) is 1. The number of benzene rings is 2. The van der Waals surface area contributed by atoms with E-state index in [0.717, 1.165) is 37.1 Å². The van der Waals surface area contributed by atoms with Gasteiger partial charge in [0.2, 0.25) is 0 Å². The zero-order valence-corrected chi connectivity index (χ0v) is 16.8. The molecule has 0 aliphatic heterocycles. The Labute approximate surface area is 178 Å². The highest BCUT2D eigenvalue weighted by atomic mass is 35.5. The summed E-state index contributed by atoms with van der Waals surface area (Å²) in [4.78, 5) is 16.7. The van der Waals surface area contributed by atoms with Gasteiger partial charge in [-0.25, -0.2) is 4.39 Å².